The summed E-state index contributed by atoms with van der Waals surface area (Å²) in [5.74, 6) is 0.999. The zero-order chi connectivity index (χ0) is 22.1. The van der Waals surface area contributed by atoms with Crippen molar-refractivity contribution in [2.45, 2.75) is 57.0 Å². The second-order valence-electron chi connectivity index (χ2n) is 8.99. The van der Waals surface area contributed by atoms with E-state index in [1.165, 1.54) is 5.56 Å². The Morgan fingerprint density at radius 3 is 2.50 bits per heavy atom. The largest absolute Gasteiger partial charge is 0.443 e. The van der Waals surface area contributed by atoms with Crippen LogP contribution < -0.4 is 5.73 Å². The van der Waals surface area contributed by atoms with Crippen LogP contribution in [0.1, 0.15) is 77.7 Å². The number of amides is 1. The average Bonchev–Trinajstić information content (AvgIpc) is 3.67. The normalized spacial score (nSPS) is 20.8. The van der Waals surface area contributed by atoms with Gasteiger partial charge < -0.3 is 10.5 Å². The van der Waals surface area contributed by atoms with Crippen molar-refractivity contribution < 1.29 is 14.3 Å². The Kier molecular flexibility index (Phi) is 5.60. The van der Waals surface area contributed by atoms with Gasteiger partial charge in [-0.05, 0) is 79.7 Å². The van der Waals surface area contributed by atoms with Crippen LogP contribution in [-0.4, -0.2) is 21.8 Å². The van der Waals surface area contributed by atoms with E-state index in [9.17, 15) is 9.59 Å². The molecule has 2 aliphatic rings. The van der Waals surface area contributed by atoms with E-state index in [4.69, 9.17) is 10.5 Å². The first kappa shape index (κ1) is 20.6. The molecular weight excluding hydrogens is 402 g/mol. The predicted octanol–water partition coefficient (Wildman–Crippen LogP) is 5.26. The van der Waals surface area contributed by atoms with Gasteiger partial charge in [0, 0.05) is 17.5 Å². The van der Waals surface area contributed by atoms with Gasteiger partial charge in [-0.3, -0.25) is 9.78 Å². The van der Waals surface area contributed by atoms with Gasteiger partial charge in [0.2, 0.25) is 0 Å². The Morgan fingerprint density at radius 2 is 1.75 bits per heavy atom. The predicted molar refractivity (Wildman–Crippen MR) is 121 cm³/mol. The van der Waals surface area contributed by atoms with Crippen molar-refractivity contribution in [2.75, 3.05) is 0 Å². The van der Waals surface area contributed by atoms with Crippen LogP contribution in [-0.2, 0) is 11.3 Å². The van der Waals surface area contributed by atoms with Crippen LogP contribution in [0.3, 0.4) is 0 Å². The van der Waals surface area contributed by atoms with Gasteiger partial charge in [0.05, 0.1) is 11.2 Å². The molecule has 6 heteroatoms. The fourth-order valence-electron chi connectivity index (χ4n) is 4.88. The fourth-order valence-corrected chi connectivity index (χ4v) is 4.88. The number of nitrogens with two attached hydrogens (primary N) is 1. The Labute approximate surface area is 187 Å². The van der Waals surface area contributed by atoms with E-state index in [2.05, 4.69) is 34.2 Å². The summed E-state index contributed by atoms with van der Waals surface area (Å²) in [4.78, 5) is 33.5. The van der Waals surface area contributed by atoms with Crippen LogP contribution in [0.25, 0.3) is 10.9 Å². The molecule has 0 saturated heterocycles. The molecule has 0 atom stereocenters. The van der Waals surface area contributed by atoms with Crippen molar-refractivity contribution in [3.63, 3.8) is 0 Å². The Hall–Kier alpha value is -3.28. The van der Waals surface area contributed by atoms with Crippen molar-refractivity contribution in [3.8, 4) is 0 Å². The maximum Gasteiger partial charge on any atom is 0.404 e. The number of Topliss-reactive ketones (excluding diaryl/α,β-unsaturated/α-hetero) is 1. The van der Waals surface area contributed by atoms with E-state index in [1.54, 1.807) is 0 Å². The Morgan fingerprint density at radius 1 is 0.969 bits per heavy atom. The summed E-state index contributed by atoms with van der Waals surface area (Å²) in [6.45, 7) is -0.0106. The quantitative estimate of drug-likeness (QED) is 0.539. The lowest BCUT2D eigenvalue weighted by Crippen LogP contribution is -2.24. The van der Waals surface area contributed by atoms with E-state index in [1.807, 2.05) is 24.4 Å². The standard InChI is InChI=1S/C26H27N3O3/c27-26(31)32-15-21-11-12-22(17-5-6-17)24(29-21)25(30)19-8-3-16(4-9-19)20-10-7-18-2-1-13-28-23(18)14-20/h1-2,7,10-14,16-17,19H,3-6,8-9,15H2,(H2,27,31). The van der Waals surface area contributed by atoms with Gasteiger partial charge in [-0.1, -0.05) is 24.3 Å². The van der Waals surface area contributed by atoms with Crippen LogP contribution in [0.2, 0.25) is 0 Å². The third-order valence-corrected chi connectivity index (χ3v) is 6.80. The molecule has 5 rings (SSSR count). The van der Waals surface area contributed by atoms with Crippen molar-refractivity contribution in [1.29, 1.82) is 0 Å². The van der Waals surface area contributed by atoms with Gasteiger partial charge in [-0.15, -0.1) is 0 Å². The maximum atomic E-state index is 13.5. The minimum absolute atomic E-state index is 0.0106. The van der Waals surface area contributed by atoms with E-state index in [-0.39, 0.29) is 18.3 Å². The second-order valence-corrected chi connectivity index (χ2v) is 8.99. The molecule has 1 aromatic carbocycles. The summed E-state index contributed by atoms with van der Waals surface area (Å²) in [6, 6.07) is 14.4. The highest BCUT2D eigenvalue weighted by atomic mass is 16.5. The van der Waals surface area contributed by atoms with Gasteiger partial charge in [0.15, 0.2) is 5.78 Å². The van der Waals surface area contributed by atoms with Crippen molar-refractivity contribution in [3.05, 3.63) is 71.2 Å². The molecule has 2 heterocycles. The maximum absolute atomic E-state index is 13.5. The van der Waals surface area contributed by atoms with E-state index in [0.717, 1.165) is 55.0 Å². The molecule has 0 unspecified atom stereocenters. The van der Waals surface area contributed by atoms with Crippen LogP contribution in [0, 0.1) is 5.92 Å². The first-order chi connectivity index (χ1) is 15.6. The molecule has 32 heavy (non-hydrogen) atoms. The molecular formula is C26H27N3O3. The zero-order valence-corrected chi connectivity index (χ0v) is 18.0. The molecule has 0 radical (unpaired) electrons. The number of hydrogen-bond acceptors (Lipinski definition) is 5. The molecule has 2 N–H and O–H groups in total. The van der Waals surface area contributed by atoms with E-state index < -0.39 is 6.09 Å². The highest BCUT2D eigenvalue weighted by Crippen LogP contribution is 2.43. The molecule has 2 saturated carbocycles. The molecule has 0 bridgehead atoms. The van der Waals surface area contributed by atoms with Gasteiger partial charge in [0.1, 0.15) is 12.3 Å². The number of ketones is 1. The lowest BCUT2D eigenvalue weighted by atomic mass is 9.76. The topological polar surface area (TPSA) is 95.2 Å². The number of nitrogens with zero attached hydrogens (tertiary/aromatic N) is 2. The number of hydrogen-bond donors (Lipinski definition) is 1. The number of ether oxygens (including phenoxy) is 1. The molecule has 0 aliphatic heterocycles. The highest BCUT2D eigenvalue weighted by Gasteiger charge is 2.34. The highest BCUT2D eigenvalue weighted by molar-refractivity contribution is 5.97. The van der Waals surface area contributed by atoms with Crippen LogP contribution in [0.4, 0.5) is 4.79 Å². The summed E-state index contributed by atoms with van der Waals surface area (Å²) >= 11 is 0. The van der Waals surface area contributed by atoms with Crippen LogP contribution in [0.5, 0.6) is 0 Å². The molecule has 2 aliphatic carbocycles. The van der Waals surface area contributed by atoms with Gasteiger partial charge in [-0.2, -0.15) is 0 Å². The molecule has 6 nitrogen and oxygen atoms in total. The summed E-state index contributed by atoms with van der Waals surface area (Å²) < 4.78 is 4.88. The molecule has 2 aromatic heterocycles. The van der Waals surface area contributed by atoms with Crippen molar-refractivity contribution >= 4 is 22.8 Å². The lowest BCUT2D eigenvalue weighted by Gasteiger charge is -2.28. The zero-order valence-electron chi connectivity index (χ0n) is 18.0. The third-order valence-electron chi connectivity index (χ3n) is 6.80. The molecule has 1 amide bonds. The average molecular weight is 430 g/mol. The van der Waals surface area contributed by atoms with E-state index >= 15 is 0 Å². The molecule has 2 fully saturated rings. The van der Waals surface area contributed by atoms with E-state index in [0.29, 0.717) is 23.2 Å². The van der Waals surface area contributed by atoms with Gasteiger partial charge in [0.25, 0.3) is 0 Å². The Balaban J connectivity index is 1.30. The minimum atomic E-state index is -0.840. The van der Waals surface area contributed by atoms with Crippen molar-refractivity contribution in [1.82, 2.24) is 9.97 Å². The first-order valence-corrected chi connectivity index (χ1v) is 11.4. The number of primary amides is 1. The number of benzene rings is 1. The smallest absolute Gasteiger partial charge is 0.404 e. The van der Waals surface area contributed by atoms with Gasteiger partial charge in [-0.25, -0.2) is 9.78 Å². The number of aromatic nitrogens is 2. The third kappa shape index (κ3) is 4.35. The summed E-state index contributed by atoms with van der Waals surface area (Å²) in [5.41, 5.74) is 9.58. The first-order valence-electron chi connectivity index (χ1n) is 11.4. The minimum Gasteiger partial charge on any atom is -0.443 e. The Bertz CT molecular complexity index is 1160. The number of rotatable bonds is 6. The van der Waals surface area contributed by atoms with Crippen molar-refractivity contribution in [2.24, 2.45) is 11.7 Å². The number of carbonyl (C=O) groups is 2. The SMILES string of the molecule is NC(=O)OCc1ccc(C2CC2)c(C(=O)C2CCC(c3ccc4cccnc4c3)CC2)n1. The monoisotopic (exact) mass is 429 g/mol. The van der Waals surface area contributed by atoms with Gasteiger partial charge >= 0.3 is 6.09 Å². The summed E-state index contributed by atoms with van der Waals surface area (Å²) in [6.07, 6.45) is 6.87. The van der Waals surface area contributed by atoms with Crippen LogP contribution >= 0.6 is 0 Å². The van der Waals surface area contributed by atoms with Crippen LogP contribution in [0.15, 0.2) is 48.7 Å². The lowest BCUT2D eigenvalue weighted by molar-refractivity contribution is 0.0876. The summed E-state index contributed by atoms with van der Waals surface area (Å²) in [5, 5.41) is 1.15. The molecule has 3 aromatic rings. The molecule has 0 spiro atoms. The summed E-state index contributed by atoms with van der Waals surface area (Å²) in [7, 11) is 0. The fraction of sp³-hybridized carbons (Fsp3) is 0.385. The molecule has 164 valence electrons. The number of pyridine rings is 2. The number of carbonyl (C=O) groups excluding carboxylic acids is 2. The second kappa shape index (κ2) is 8.69. The number of fused-ring (bicyclic) bond motifs is 1.